The Morgan fingerprint density at radius 2 is 1.86 bits per heavy atom. The molecule has 3 N–H and O–H groups in total. The van der Waals surface area contributed by atoms with Crippen LogP contribution < -0.4 is 11.1 Å². The molecule has 2 aromatic carbocycles. The molecule has 0 aliphatic rings. The molecule has 0 fully saturated rings. The third-order valence-electron chi connectivity index (χ3n) is 2.99. The number of nitrogens with two attached hydrogens (primary N) is 1. The zero-order chi connectivity index (χ0) is 15.5. The van der Waals surface area contributed by atoms with Gasteiger partial charge in [-0.05, 0) is 29.8 Å². The molecule has 0 aromatic heterocycles. The standard InChI is InChI=1S/C15H12F3N3/c16-15(17,18)12-5-6-14(11(7-12)8-19)21-9-10-3-1-2-4-13(10)20/h1-7,21H,9,20H2. The fourth-order valence-electron chi connectivity index (χ4n) is 1.85. The molecule has 0 spiro atoms. The molecule has 3 nitrogen and oxygen atoms in total. The van der Waals surface area contributed by atoms with Crippen LogP contribution in [-0.4, -0.2) is 0 Å². The molecule has 0 aliphatic carbocycles. The van der Waals surface area contributed by atoms with Crippen LogP contribution in [0.1, 0.15) is 16.7 Å². The smallest absolute Gasteiger partial charge is 0.398 e. The zero-order valence-electron chi connectivity index (χ0n) is 10.9. The summed E-state index contributed by atoms with van der Waals surface area (Å²) in [6, 6.07) is 11.9. The Kier molecular flexibility index (Phi) is 4.03. The number of hydrogen-bond acceptors (Lipinski definition) is 3. The van der Waals surface area contributed by atoms with E-state index in [-0.39, 0.29) is 5.56 Å². The number of anilines is 2. The van der Waals surface area contributed by atoms with Crippen molar-refractivity contribution < 1.29 is 13.2 Å². The van der Waals surface area contributed by atoms with E-state index < -0.39 is 11.7 Å². The van der Waals surface area contributed by atoms with Gasteiger partial charge < -0.3 is 11.1 Å². The summed E-state index contributed by atoms with van der Waals surface area (Å²) in [4.78, 5) is 0. The van der Waals surface area contributed by atoms with E-state index in [9.17, 15) is 13.2 Å². The third-order valence-corrected chi connectivity index (χ3v) is 2.99. The first-order chi connectivity index (χ1) is 9.91. The van der Waals surface area contributed by atoms with Crippen LogP contribution in [0.4, 0.5) is 24.5 Å². The Labute approximate surface area is 119 Å². The minimum Gasteiger partial charge on any atom is -0.398 e. The minimum absolute atomic E-state index is 0.0562. The maximum atomic E-state index is 12.6. The second-order valence-electron chi connectivity index (χ2n) is 4.42. The highest BCUT2D eigenvalue weighted by Crippen LogP contribution is 2.31. The van der Waals surface area contributed by atoms with Crippen LogP contribution in [0.2, 0.25) is 0 Å². The van der Waals surface area contributed by atoms with Crippen molar-refractivity contribution >= 4 is 11.4 Å². The van der Waals surface area contributed by atoms with Crippen molar-refractivity contribution in [1.29, 1.82) is 5.26 Å². The Morgan fingerprint density at radius 3 is 2.48 bits per heavy atom. The molecule has 2 aromatic rings. The first kappa shape index (κ1) is 14.7. The SMILES string of the molecule is N#Cc1cc(C(F)(F)F)ccc1NCc1ccccc1N. The number of nitrogen functional groups attached to an aromatic ring is 1. The Bertz CT molecular complexity index is 687. The van der Waals surface area contributed by atoms with Gasteiger partial charge in [-0.25, -0.2) is 0 Å². The van der Waals surface area contributed by atoms with Gasteiger partial charge in [-0.2, -0.15) is 18.4 Å². The number of nitrogens with one attached hydrogen (secondary N) is 1. The monoisotopic (exact) mass is 291 g/mol. The number of rotatable bonds is 3. The molecule has 108 valence electrons. The Hall–Kier alpha value is -2.68. The van der Waals surface area contributed by atoms with Crippen LogP contribution >= 0.6 is 0 Å². The van der Waals surface area contributed by atoms with Gasteiger partial charge >= 0.3 is 6.18 Å². The molecular weight excluding hydrogens is 279 g/mol. The number of para-hydroxylation sites is 1. The molecule has 21 heavy (non-hydrogen) atoms. The molecule has 0 bridgehead atoms. The van der Waals surface area contributed by atoms with Crippen molar-refractivity contribution in [2.45, 2.75) is 12.7 Å². The molecular formula is C15H12F3N3. The zero-order valence-corrected chi connectivity index (χ0v) is 10.9. The summed E-state index contributed by atoms with van der Waals surface area (Å²) in [6.07, 6.45) is -4.46. The highest BCUT2D eigenvalue weighted by Gasteiger charge is 2.31. The van der Waals surface area contributed by atoms with E-state index in [0.29, 0.717) is 17.9 Å². The van der Waals surface area contributed by atoms with Crippen LogP contribution in [0, 0.1) is 11.3 Å². The van der Waals surface area contributed by atoms with Crippen molar-refractivity contribution in [3.8, 4) is 6.07 Å². The van der Waals surface area contributed by atoms with E-state index in [1.54, 1.807) is 24.3 Å². The third kappa shape index (κ3) is 3.45. The highest BCUT2D eigenvalue weighted by atomic mass is 19.4. The topological polar surface area (TPSA) is 61.8 Å². The lowest BCUT2D eigenvalue weighted by atomic mass is 10.1. The number of alkyl halides is 3. The molecule has 0 saturated carbocycles. The molecule has 0 radical (unpaired) electrons. The summed E-state index contributed by atoms with van der Waals surface area (Å²) < 4.78 is 37.8. The second kappa shape index (κ2) is 5.75. The van der Waals surface area contributed by atoms with Crippen molar-refractivity contribution in [3.05, 3.63) is 59.2 Å². The van der Waals surface area contributed by atoms with Crippen LogP contribution in [0.15, 0.2) is 42.5 Å². The number of nitriles is 1. The normalized spacial score (nSPS) is 11.0. The first-order valence-corrected chi connectivity index (χ1v) is 6.10. The van der Waals surface area contributed by atoms with Gasteiger partial charge in [-0.15, -0.1) is 0 Å². The van der Waals surface area contributed by atoms with Gasteiger partial charge in [0.1, 0.15) is 6.07 Å². The molecule has 0 saturated heterocycles. The number of hydrogen-bond donors (Lipinski definition) is 2. The van der Waals surface area contributed by atoms with Gasteiger partial charge in [0.15, 0.2) is 0 Å². The number of benzene rings is 2. The number of nitrogens with zero attached hydrogens (tertiary/aromatic N) is 1. The van der Waals surface area contributed by atoms with E-state index in [4.69, 9.17) is 11.0 Å². The van der Waals surface area contributed by atoms with Crippen molar-refractivity contribution in [2.24, 2.45) is 0 Å². The number of halogens is 3. The lowest BCUT2D eigenvalue weighted by Crippen LogP contribution is -2.08. The van der Waals surface area contributed by atoms with Gasteiger partial charge in [0.25, 0.3) is 0 Å². The van der Waals surface area contributed by atoms with E-state index in [1.807, 2.05) is 6.07 Å². The van der Waals surface area contributed by atoms with E-state index in [1.165, 1.54) is 6.07 Å². The predicted octanol–water partition coefficient (Wildman–Crippen LogP) is 3.77. The van der Waals surface area contributed by atoms with Crippen molar-refractivity contribution in [1.82, 2.24) is 0 Å². The van der Waals surface area contributed by atoms with Crippen LogP contribution in [0.3, 0.4) is 0 Å². The van der Waals surface area contributed by atoms with E-state index in [2.05, 4.69) is 5.32 Å². The lowest BCUT2D eigenvalue weighted by Gasteiger charge is -2.12. The minimum atomic E-state index is -4.46. The van der Waals surface area contributed by atoms with Gasteiger partial charge in [-0.3, -0.25) is 0 Å². The summed E-state index contributed by atoms with van der Waals surface area (Å²) in [5.41, 5.74) is 6.61. The molecule has 2 rings (SSSR count). The van der Waals surface area contributed by atoms with E-state index >= 15 is 0 Å². The average molecular weight is 291 g/mol. The maximum absolute atomic E-state index is 12.6. The largest absolute Gasteiger partial charge is 0.416 e. The summed E-state index contributed by atoms with van der Waals surface area (Å²) in [6.45, 7) is 0.326. The van der Waals surface area contributed by atoms with Gasteiger partial charge in [0.05, 0.1) is 16.8 Å². The fourth-order valence-corrected chi connectivity index (χ4v) is 1.85. The molecule has 0 amide bonds. The first-order valence-electron chi connectivity index (χ1n) is 6.10. The molecule has 6 heteroatoms. The second-order valence-corrected chi connectivity index (χ2v) is 4.42. The van der Waals surface area contributed by atoms with Crippen LogP contribution in [-0.2, 0) is 12.7 Å². The average Bonchev–Trinajstić information content (AvgIpc) is 2.45. The summed E-state index contributed by atoms with van der Waals surface area (Å²) in [5, 5.41) is 11.9. The van der Waals surface area contributed by atoms with E-state index in [0.717, 1.165) is 17.7 Å². The molecule has 0 heterocycles. The molecule has 0 atom stereocenters. The predicted molar refractivity (Wildman–Crippen MR) is 74.3 cm³/mol. The summed E-state index contributed by atoms with van der Waals surface area (Å²) in [5.74, 6) is 0. The summed E-state index contributed by atoms with van der Waals surface area (Å²) in [7, 11) is 0. The molecule has 0 aliphatic heterocycles. The van der Waals surface area contributed by atoms with Gasteiger partial charge in [0.2, 0.25) is 0 Å². The van der Waals surface area contributed by atoms with Crippen molar-refractivity contribution in [2.75, 3.05) is 11.1 Å². The quantitative estimate of drug-likeness (QED) is 0.846. The summed E-state index contributed by atoms with van der Waals surface area (Å²) >= 11 is 0. The van der Waals surface area contributed by atoms with Crippen LogP contribution in [0.5, 0.6) is 0 Å². The molecule has 0 unspecified atom stereocenters. The van der Waals surface area contributed by atoms with Gasteiger partial charge in [0, 0.05) is 12.2 Å². The van der Waals surface area contributed by atoms with Crippen molar-refractivity contribution in [3.63, 3.8) is 0 Å². The Balaban J connectivity index is 2.22. The van der Waals surface area contributed by atoms with Gasteiger partial charge in [-0.1, -0.05) is 18.2 Å². The maximum Gasteiger partial charge on any atom is 0.416 e. The lowest BCUT2D eigenvalue weighted by molar-refractivity contribution is -0.137. The van der Waals surface area contributed by atoms with Crippen LogP contribution in [0.25, 0.3) is 0 Å². The highest BCUT2D eigenvalue weighted by molar-refractivity contribution is 5.60. The fraction of sp³-hybridized carbons (Fsp3) is 0.133. The Morgan fingerprint density at radius 1 is 1.14 bits per heavy atom.